The number of hydrogen-bond donors (Lipinski definition) is 2. The number of sulfonamides is 1. The number of aromatic nitrogens is 1. The molecule has 1 aromatic heterocycles. The number of rotatable bonds is 10. The fourth-order valence-corrected chi connectivity index (χ4v) is 6.46. The van der Waals surface area contributed by atoms with E-state index in [0.29, 0.717) is 34.0 Å². The molecule has 2 aromatic rings. The summed E-state index contributed by atoms with van der Waals surface area (Å²) in [4.78, 5) is 32.8. The highest BCUT2D eigenvalue weighted by Gasteiger charge is 2.44. The van der Waals surface area contributed by atoms with E-state index >= 15 is 0 Å². The molecule has 14 heteroatoms. The number of amides is 1. The minimum absolute atomic E-state index is 0.0836. The van der Waals surface area contributed by atoms with Crippen LogP contribution < -0.4 is 24.6 Å². The van der Waals surface area contributed by atoms with Crippen LogP contribution in [0.25, 0.3) is 0 Å². The van der Waals surface area contributed by atoms with Gasteiger partial charge in [-0.05, 0) is 61.4 Å². The van der Waals surface area contributed by atoms with Crippen LogP contribution in [-0.4, -0.2) is 76.8 Å². The molecule has 11 nitrogen and oxygen atoms in total. The normalized spacial score (nSPS) is 19.1. The third kappa shape index (κ3) is 7.64. The molecule has 1 aromatic carbocycles. The zero-order chi connectivity index (χ0) is 30.8. The van der Waals surface area contributed by atoms with E-state index in [-0.39, 0.29) is 38.2 Å². The Hall–Kier alpha value is -3.68. The summed E-state index contributed by atoms with van der Waals surface area (Å²) in [5.74, 6) is -3.48. The lowest BCUT2D eigenvalue weighted by atomic mass is 9.93. The van der Waals surface area contributed by atoms with Gasteiger partial charge in [-0.2, -0.15) is 0 Å². The monoisotopic (exact) mass is 621 g/mol. The molecular weight excluding hydrogens is 584 g/mol. The van der Waals surface area contributed by atoms with E-state index in [9.17, 15) is 26.8 Å². The Bertz CT molecular complexity index is 1460. The van der Waals surface area contributed by atoms with Gasteiger partial charge in [-0.3, -0.25) is 14.3 Å². The summed E-state index contributed by atoms with van der Waals surface area (Å²) in [5.41, 5.74) is 1.95. The van der Waals surface area contributed by atoms with E-state index in [1.54, 1.807) is 29.2 Å². The third-order valence-corrected chi connectivity index (χ3v) is 9.64. The minimum Gasteiger partial charge on any atom is -0.493 e. The summed E-state index contributed by atoms with van der Waals surface area (Å²) >= 11 is 0. The second-order valence-electron chi connectivity index (χ2n) is 11.5. The van der Waals surface area contributed by atoms with E-state index in [2.05, 4.69) is 19.9 Å². The van der Waals surface area contributed by atoms with Gasteiger partial charge in [0.2, 0.25) is 10.0 Å². The Labute approximate surface area is 250 Å². The van der Waals surface area contributed by atoms with Crippen molar-refractivity contribution < 1.29 is 36.3 Å². The summed E-state index contributed by atoms with van der Waals surface area (Å²) in [7, 11) is -2.34. The number of methoxy groups -OCH3 is 1. The van der Waals surface area contributed by atoms with Crippen molar-refractivity contribution in [1.29, 1.82) is 0 Å². The van der Waals surface area contributed by atoms with Gasteiger partial charge in [0.25, 0.3) is 11.8 Å². The number of ether oxygens (including phenoxy) is 2. The number of halogens is 2. The second kappa shape index (κ2) is 12.1. The van der Waals surface area contributed by atoms with E-state index < -0.39 is 33.6 Å². The van der Waals surface area contributed by atoms with Gasteiger partial charge in [-0.15, -0.1) is 0 Å². The molecule has 0 unspecified atom stereocenters. The van der Waals surface area contributed by atoms with Crippen molar-refractivity contribution in [1.82, 2.24) is 4.98 Å². The van der Waals surface area contributed by atoms with E-state index in [4.69, 9.17) is 9.47 Å². The van der Waals surface area contributed by atoms with Gasteiger partial charge in [0.15, 0.2) is 11.6 Å². The number of carbonyl (C=O) groups is 2. The fraction of sp³-hybridized carbons (Fsp3) is 0.552. The molecule has 0 bridgehead atoms. The summed E-state index contributed by atoms with van der Waals surface area (Å²) < 4.78 is 65.5. The maximum Gasteiger partial charge on any atom is 0.302 e. The highest BCUT2D eigenvalue weighted by Crippen LogP contribution is 2.54. The van der Waals surface area contributed by atoms with Crippen LogP contribution in [0.1, 0.15) is 55.9 Å². The Morgan fingerprint density at radius 3 is 2.28 bits per heavy atom. The zero-order valence-electron chi connectivity index (χ0n) is 24.3. The predicted molar refractivity (Wildman–Crippen MR) is 159 cm³/mol. The van der Waals surface area contributed by atoms with Gasteiger partial charge in [-0.1, -0.05) is 0 Å². The van der Waals surface area contributed by atoms with Gasteiger partial charge in [0, 0.05) is 45.9 Å². The number of carbonyl (C=O) groups excluding carboxylic acids is 2. The van der Waals surface area contributed by atoms with Crippen molar-refractivity contribution in [3.63, 3.8) is 0 Å². The molecule has 1 saturated carbocycles. The van der Waals surface area contributed by atoms with Crippen LogP contribution in [0.2, 0.25) is 0 Å². The summed E-state index contributed by atoms with van der Waals surface area (Å²) in [6, 6.07) is 7.98. The molecule has 0 atom stereocenters. The van der Waals surface area contributed by atoms with Crippen LogP contribution in [0.15, 0.2) is 30.3 Å². The zero-order valence-corrected chi connectivity index (χ0v) is 25.1. The highest BCUT2D eigenvalue weighted by molar-refractivity contribution is 7.92. The Balaban J connectivity index is 1.37. The van der Waals surface area contributed by atoms with Crippen molar-refractivity contribution in [3.05, 3.63) is 36.0 Å². The second-order valence-corrected chi connectivity index (χ2v) is 13.3. The molecule has 5 rings (SSSR count). The Kier molecular flexibility index (Phi) is 8.68. The maximum atomic E-state index is 13.8. The Morgan fingerprint density at radius 1 is 0.977 bits per heavy atom. The molecule has 1 spiro atoms. The number of pyridine rings is 1. The number of anilines is 4. The number of nitrogens with one attached hydrogen (secondary N) is 2. The van der Waals surface area contributed by atoms with Gasteiger partial charge in [0.1, 0.15) is 18.1 Å². The first-order valence-corrected chi connectivity index (χ1v) is 16.0. The van der Waals surface area contributed by atoms with Crippen LogP contribution in [-0.2, 0) is 19.6 Å². The summed E-state index contributed by atoms with van der Waals surface area (Å²) in [6.45, 7) is 2.63. The molecule has 2 saturated heterocycles. The number of alkyl halides is 2. The molecule has 234 valence electrons. The summed E-state index contributed by atoms with van der Waals surface area (Å²) in [6.07, 6.45) is 3.83. The molecular formula is C29H37F2N5O6S. The molecule has 2 aliphatic heterocycles. The largest absolute Gasteiger partial charge is 0.493 e. The van der Waals surface area contributed by atoms with Crippen molar-refractivity contribution in [2.75, 3.05) is 65.5 Å². The van der Waals surface area contributed by atoms with Gasteiger partial charge < -0.3 is 24.6 Å². The smallest absolute Gasteiger partial charge is 0.302 e. The van der Waals surface area contributed by atoms with Crippen molar-refractivity contribution in [3.8, 4) is 5.75 Å². The van der Waals surface area contributed by atoms with Crippen molar-refractivity contribution >= 4 is 44.8 Å². The lowest BCUT2D eigenvalue weighted by Gasteiger charge is -2.35. The van der Waals surface area contributed by atoms with Gasteiger partial charge >= 0.3 is 5.97 Å². The lowest BCUT2D eigenvalue weighted by Crippen LogP contribution is -2.40. The Morgan fingerprint density at radius 2 is 1.65 bits per heavy atom. The van der Waals surface area contributed by atoms with Crippen molar-refractivity contribution in [2.24, 2.45) is 5.41 Å². The van der Waals surface area contributed by atoms with Crippen LogP contribution in [0.4, 0.5) is 31.7 Å². The number of piperidine rings is 2. The van der Waals surface area contributed by atoms with E-state index in [1.807, 2.05) is 0 Å². The molecule has 3 aliphatic rings. The SMILES string of the molecule is COc1ccc(C(=O)Nc2ccc(NS(=O)(=O)CCOC(C)=O)cc2N2CCC3(CC2)CC3)nc1N1CCC(F)(F)CC1. The first-order chi connectivity index (χ1) is 20.4. The van der Waals surface area contributed by atoms with E-state index in [1.165, 1.54) is 32.9 Å². The predicted octanol–water partition coefficient (Wildman–Crippen LogP) is 4.26. The minimum atomic E-state index is -3.80. The summed E-state index contributed by atoms with van der Waals surface area (Å²) in [5, 5.41) is 2.92. The average Bonchev–Trinajstić information content (AvgIpc) is 3.72. The first-order valence-electron chi connectivity index (χ1n) is 14.4. The molecule has 2 N–H and O–H groups in total. The number of hydrogen-bond acceptors (Lipinski definition) is 9. The standard InChI is InChI=1S/C29H37F2N5O6S/c1-20(37)42-17-18-43(39,40)34-21-3-4-22(24(19-21)35-13-9-28(7-8-28)10-14-35)33-27(38)23-5-6-25(41-2)26(32-23)36-15-11-29(30,31)12-16-36/h3-6,19,34H,7-18H2,1-2H3,(H,33,38). The van der Waals surface area contributed by atoms with Crippen molar-refractivity contribution in [2.45, 2.75) is 51.4 Å². The van der Waals surface area contributed by atoms with Gasteiger partial charge in [-0.25, -0.2) is 22.2 Å². The topological polar surface area (TPSA) is 130 Å². The number of nitrogens with zero attached hydrogens (tertiary/aromatic N) is 3. The lowest BCUT2D eigenvalue weighted by molar-refractivity contribution is -0.140. The van der Waals surface area contributed by atoms with Crippen LogP contribution in [0.5, 0.6) is 5.75 Å². The fourth-order valence-electron chi connectivity index (χ4n) is 5.57. The van der Waals surface area contributed by atoms with Crippen LogP contribution in [0.3, 0.4) is 0 Å². The number of benzene rings is 1. The maximum absolute atomic E-state index is 13.8. The molecule has 0 radical (unpaired) electrons. The highest BCUT2D eigenvalue weighted by atomic mass is 32.2. The molecule has 3 fully saturated rings. The van der Waals surface area contributed by atoms with Crippen LogP contribution >= 0.6 is 0 Å². The third-order valence-electron chi connectivity index (χ3n) is 8.38. The molecule has 1 amide bonds. The number of esters is 1. The van der Waals surface area contributed by atoms with Crippen LogP contribution in [0, 0.1) is 5.41 Å². The van der Waals surface area contributed by atoms with Gasteiger partial charge in [0.05, 0.1) is 24.2 Å². The quantitative estimate of drug-likeness (QED) is 0.374. The van der Waals surface area contributed by atoms with E-state index in [0.717, 1.165) is 25.9 Å². The molecule has 43 heavy (non-hydrogen) atoms. The molecule has 1 aliphatic carbocycles. The average molecular weight is 622 g/mol. The first kappa shape index (κ1) is 30.8. The molecule has 3 heterocycles.